The Morgan fingerprint density at radius 3 is 2.56 bits per heavy atom. The van der Waals surface area contributed by atoms with Crippen LogP contribution in [0.2, 0.25) is 0 Å². The second-order valence-electron chi connectivity index (χ2n) is 5.07. The second kappa shape index (κ2) is 3.76. The summed E-state index contributed by atoms with van der Waals surface area (Å²) in [5.41, 5.74) is -0.122. The number of fused-ring (bicyclic) bond motifs is 1. The molecule has 0 unspecified atom stereocenters. The summed E-state index contributed by atoms with van der Waals surface area (Å²) in [5.74, 6) is -0.837. The Morgan fingerprint density at radius 2 is 2.06 bits per heavy atom. The van der Waals surface area contributed by atoms with Crippen molar-refractivity contribution in [3.63, 3.8) is 0 Å². The standard InChI is InChI=1S/C12H16N2O4/c1-7(15)14-6-12(2,3)18-8-5-13(4)10(9(8)14)11(16)17/h5H,6H2,1-4H3,(H,16,17). The molecule has 1 aromatic rings. The van der Waals surface area contributed by atoms with Crippen LogP contribution < -0.4 is 9.64 Å². The van der Waals surface area contributed by atoms with Gasteiger partial charge in [-0.05, 0) is 13.8 Å². The molecule has 0 atom stereocenters. The van der Waals surface area contributed by atoms with Gasteiger partial charge in [-0.15, -0.1) is 0 Å². The molecule has 0 radical (unpaired) electrons. The fourth-order valence-electron chi connectivity index (χ4n) is 2.23. The number of rotatable bonds is 1. The van der Waals surface area contributed by atoms with Crippen molar-refractivity contribution in [2.24, 2.45) is 7.05 Å². The summed E-state index contributed by atoms with van der Waals surface area (Å²) < 4.78 is 7.20. The van der Waals surface area contributed by atoms with E-state index in [1.54, 1.807) is 13.2 Å². The third-order valence-corrected chi connectivity index (χ3v) is 2.90. The highest BCUT2D eigenvalue weighted by molar-refractivity contribution is 6.03. The van der Waals surface area contributed by atoms with E-state index in [1.165, 1.54) is 16.4 Å². The van der Waals surface area contributed by atoms with Crippen molar-refractivity contribution in [2.75, 3.05) is 11.4 Å². The van der Waals surface area contributed by atoms with Gasteiger partial charge in [0.2, 0.25) is 5.91 Å². The summed E-state index contributed by atoms with van der Waals surface area (Å²) in [6.07, 6.45) is 1.59. The minimum absolute atomic E-state index is 0.0655. The summed E-state index contributed by atoms with van der Waals surface area (Å²) in [5, 5.41) is 9.23. The third-order valence-electron chi connectivity index (χ3n) is 2.90. The lowest BCUT2D eigenvalue weighted by Crippen LogP contribution is -2.48. The van der Waals surface area contributed by atoms with Crippen molar-refractivity contribution >= 4 is 17.6 Å². The van der Waals surface area contributed by atoms with E-state index in [4.69, 9.17) is 4.74 Å². The van der Waals surface area contributed by atoms with E-state index < -0.39 is 11.6 Å². The lowest BCUT2D eigenvalue weighted by molar-refractivity contribution is -0.117. The van der Waals surface area contributed by atoms with Gasteiger partial charge in [-0.25, -0.2) is 4.79 Å². The fourth-order valence-corrected chi connectivity index (χ4v) is 2.23. The Kier molecular flexibility index (Phi) is 2.61. The topological polar surface area (TPSA) is 71.8 Å². The Labute approximate surface area is 105 Å². The molecule has 0 saturated heterocycles. The molecule has 18 heavy (non-hydrogen) atoms. The Hall–Kier alpha value is -1.98. The average Bonchev–Trinajstić information content (AvgIpc) is 2.50. The van der Waals surface area contributed by atoms with Gasteiger partial charge in [0, 0.05) is 20.2 Å². The number of ether oxygens (including phenoxy) is 1. The number of nitrogens with zero attached hydrogens (tertiary/aromatic N) is 2. The van der Waals surface area contributed by atoms with Gasteiger partial charge in [0.05, 0.1) is 6.54 Å². The normalized spacial score (nSPS) is 17.0. The maximum absolute atomic E-state index is 11.7. The summed E-state index contributed by atoms with van der Waals surface area (Å²) in [6.45, 7) is 5.47. The van der Waals surface area contributed by atoms with Gasteiger partial charge < -0.3 is 19.3 Å². The summed E-state index contributed by atoms with van der Waals surface area (Å²) in [6, 6.07) is 0. The quantitative estimate of drug-likeness (QED) is 0.816. The number of anilines is 1. The van der Waals surface area contributed by atoms with Crippen LogP contribution in [0.5, 0.6) is 5.75 Å². The number of aromatic carboxylic acids is 1. The van der Waals surface area contributed by atoms with Gasteiger partial charge in [0.1, 0.15) is 11.3 Å². The van der Waals surface area contributed by atoms with E-state index in [0.717, 1.165) is 0 Å². The minimum Gasteiger partial charge on any atom is -0.482 e. The zero-order valence-corrected chi connectivity index (χ0v) is 10.9. The van der Waals surface area contributed by atoms with E-state index in [9.17, 15) is 14.7 Å². The predicted octanol–water partition coefficient (Wildman–Crippen LogP) is 1.25. The number of carboxylic acids is 1. The van der Waals surface area contributed by atoms with Crippen LogP contribution in [0.1, 0.15) is 31.3 Å². The zero-order valence-electron chi connectivity index (χ0n) is 10.9. The molecule has 0 aliphatic carbocycles. The Morgan fingerprint density at radius 1 is 1.44 bits per heavy atom. The SMILES string of the molecule is CC(=O)N1CC(C)(C)Oc2cn(C)c(C(=O)O)c21. The molecule has 0 saturated carbocycles. The first-order chi connectivity index (χ1) is 8.23. The molecule has 2 rings (SSSR count). The Balaban J connectivity index is 2.64. The summed E-state index contributed by atoms with van der Waals surface area (Å²) >= 11 is 0. The fraction of sp³-hybridized carbons (Fsp3) is 0.500. The number of hydrogen-bond donors (Lipinski definition) is 1. The van der Waals surface area contributed by atoms with Crippen molar-refractivity contribution in [1.82, 2.24) is 4.57 Å². The molecule has 0 bridgehead atoms. The Bertz CT molecular complexity index is 530. The van der Waals surface area contributed by atoms with Crippen LogP contribution >= 0.6 is 0 Å². The first-order valence-corrected chi connectivity index (χ1v) is 5.62. The molecule has 1 aromatic heterocycles. The van der Waals surface area contributed by atoms with Crippen molar-refractivity contribution in [3.8, 4) is 5.75 Å². The van der Waals surface area contributed by atoms with Gasteiger partial charge in [0.25, 0.3) is 0 Å². The lowest BCUT2D eigenvalue weighted by Gasteiger charge is -2.37. The highest BCUT2D eigenvalue weighted by Gasteiger charge is 2.38. The van der Waals surface area contributed by atoms with Crippen LogP contribution in [0.3, 0.4) is 0 Å². The number of carbonyl (C=O) groups is 2. The monoisotopic (exact) mass is 252 g/mol. The van der Waals surface area contributed by atoms with Crippen molar-refractivity contribution in [2.45, 2.75) is 26.4 Å². The molecule has 0 fully saturated rings. The molecular formula is C12H16N2O4. The molecule has 0 aromatic carbocycles. The minimum atomic E-state index is -1.08. The number of hydrogen-bond acceptors (Lipinski definition) is 3. The summed E-state index contributed by atoms with van der Waals surface area (Å²) in [4.78, 5) is 24.4. The van der Waals surface area contributed by atoms with Crippen LogP contribution in [-0.4, -0.2) is 33.7 Å². The number of aromatic nitrogens is 1. The van der Waals surface area contributed by atoms with Crippen molar-refractivity contribution in [3.05, 3.63) is 11.9 Å². The number of carboxylic acid groups (broad SMARTS) is 1. The van der Waals surface area contributed by atoms with E-state index in [2.05, 4.69) is 0 Å². The van der Waals surface area contributed by atoms with Gasteiger partial charge in [-0.2, -0.15) is 0 Å². The molecule has 1 aliphatic heterocycles. The number of aryl methyl sites for hydroxylation is 1. The van der Waals surface area contributed by atoms with Crippen LogP contribution in [0.25, 0.3) is 0 Å². The lowest BCUT2D eigenvalue weighted by atomic mass is 10.1. The zero-order chi connectivity index (χ0) is 13.7. The molecule has 1 aliphatic rings. The van der Waals surface area contributed by atoms with Gasteiger partial charge in [0.15, 0.2) is 11.4 Å². The smallest absolute Gasteiger partial charge is 0.354 e. The van der Waals surface area contributed by atoms with E-state index >= 15 is 0 Å². The average molecular weight is 252 g/mol. The van der Waals surface area contributed by atoms with Crippen LogP contribution in [0.15, 0.2) is 6.20 Å². The van der Waals surface area contributed by atoms with E-state index in [1.807, 2.05) is 13.8 Å². The molecule has 1 amide bonds. The largest absolute Gasteiger partial charge is 0.482 e. The summed E-state index contributed by atoms with van der Waals surface area (Å²) in [7, 11) is 1.62. The maximum Gasteiger partial charge on any atom is 0.354 e. The van der Waals surface area contributed by atoms with Gasteiger partial charge >= 0.3 is 5.97 Å². The van der Waals surface area contributed by atoms with Crippen LogP contribution in [0.4, 0.5) is 5.69 Å². The highest BCUT2D eigenvalue weighted by atomic mass is 16.5. The second-order valence-corrected chi connectivity index (χ2v) is 5.07. The molecule has 6 nitrogen and oxygen atoms in total. The molecule has 2 heterocycles. The highest BCUT2D eigenvalue weighted by Crippen LogP contribution is 2.40. The molecule has 6 heteroatoms. The first-order valence-electron chi connectivity index (χ1n) is 5.62. The molecule has 0 spiro atoms. The third kappa shape index (κ3) is 1.83. The number of amides is 1. The first kappa shape index (κ1) is 12.5. The number of carbonyl (C=O) groups excluding carboxylic acids is 1. The molecule has 1 N–H and O–H groups in total. The maximum atomic E-state index is 11.7. The molecule has 98 valence electrons. The van der Waals surface area contributed by atoms with Crippen LogP contribution in [0, 0.1) is 0 Å². The molecular weight excluding hydrogens is 236 g/mol. The predicted molar refractivity (Wildman–Crippen MR) is 65.1 cm³/mol. The van der Waals surface area contributed by atoms with E-state index in [-0.39, 0.29) is 11.6 Å². The van der Waals surface area contributed by atoms with Gasteiger partial charge in [-0.1, -0.05) is 0 Å². The van der Waals surface area contributed by atoms with Gasteiger partial charge in [-0.3, -0.25) is 4.79 Å². The van der Waals surface area contributed by atoms with E-state index in [0.29, 0.717) is 18.0 Å². The van der Waals surface area contributed by atoms with Crippen molar-refractivity contribution < 1.29 is 19.4 Å². The van der Waals surface area contributed by atoms with Crippen LogP contribution in [-0.2, 0) is 11.8 Å². The van der Waals surface area contributed by atoms with Crippen molar-refractivity contribution in [1.29, 1.82) is 0 Å².